The highest BCUT2D eigenvalue weighted by Crippen LogP contribution is 2.46. The van der Waals surface area contributed by atoms with Gasteiger partial charge >= 0.3 is 0 Å². The van der Waals surface area contributed by atoms with Crippen molar-refractivity contribution in [3.05, 3.63) is 108 Å². The first-order chi connectivity index (χ1) is 31.4. The number of benzene rings is 2. The summed E-state index contributed by atoms with van der Waals surface area (Å²) in [5.74, 6) is 1.62. The van der Waals surface area contributed by atoms with Crippen LogP contribution in [0.2, 0.25) is 0 Å². The van der Waals surface area contributed by atoms with Crippen LogP contribution in [0.5, 0.6) is 0 Å². The Morgan fingerprint density at radius 3 is 1.50 bits per heavy atom. The van der Waals surface area contributed by atoms with Gasteiger partial charge in [-0.15, -0.1) is 20.4 Å². The predicted molar refractivity (Wildman–Crippen MR) is 249 cm³/mol. The van der Waals surface area contributed by atoms with Crippen LogP contribution in [0, 0.1) is 25.7 Å². The zero-order valence-electron chi connectivity index (χ0n) is 36.7. The van der Waals surface area contributed by atoms with E-state index in [2.05, 4.69) is 37.3 Å². The molecule has 6 aromatic heterocycles. The molecule has 8 aromatic rings. The molecule has 2 aliphatic carbocycles. The zero-order chi connectivity index (χ0) is 46.9. The minimum Gasteiger partial charge on any atom is -0.288 e. The lowest BCUT2D eigenvalue weighted by Gasteiger charge is -2.16. The van der Waals surface area contributed by atoms with E-state index in [0.717, 1.165) is 40.2 Å². The Labute approximate surface area is 385 Å². The van der Waals surface area contributed by atoms with Crippen LogP contribution in [0.3, 0.4) is 0 Å². The van der Waals surface area contributed by atoms with E-state index in [9.17, 15) is 34.6 Å². The monoisotopic (exact) mass is 972 g/mol. The molecular weight excluding hydrogens is 925 g/mol. The summed E-state index contributed by atoms with van der Waals surface area (Å²) >= 11 is 1.41. The average Bonchev–Trinajstić information content (AvgIpc) is 4.13. The molecule has 0 radical (unpaired) electrons. The van der Waals surface area contributed by atoms with Gasteiger partial charge in [0.2, 0.25) is 0 Å². The van der Waals surface area contributed by atoms with Gasteiger partial charge in [-0.25, -0.2) is 34.7 Å². The molecule has 346 valence electrons. The Balaban J connectivity index is 0.000000166. The summed E-state index contributed by atoms with van der Waals surface area (Å²) in [6, 6.07) is 16.8. The van der Waals surface area contributed by atoms with Crippen molar-refractivity contribution in [2.45, 2.75) is 105 Å². The molecule has 1 N–H and O–H groups in total. The minimum absolute atomic E-state index is 0.00841. The molecule has 2 aromatic carbocycles. The molecule has 0 unspecified atom stereocenters. The van der Waals surface area contributed by atoms with Crippen molar-refractivity contribution in [3.8, 4) is 0 Å². The molecule has 66 heavy (non-hydrogen) atoms. The van der Waals surface area contributed by atoms with E-state index < -0.39 is 35.4 Å². The zero-order valence-corrected chi connectivity index (χ0v) is 40.0. The number of carbonyl (C=O) groups is 1. The first kappa shape index (κ1) is 45.6. The van der Waals surface area contributed by atoms with Crippen molar-refractivity contribution < 1.29 is 34.6 Å². The lowest BCUT2D eigenvalue weighted by atomic mass is 9.93. The molecule has 2 fully saturated rings. The van der Waals surface area contributed by atoms with Gasteiger partial charge in [-0.2, -0.15) is 8.42 Å². The lowest BCUT2D eigenvalue weighted by Crippen LogP contribution is -2.17. The van der Waals surface area contributed by atoms with E-state index in [-0.39, 0.29) is 50.0 Å². The number of hydrogen-bond acceptors (Lipinski definition) is 14. The van der Waals surface area contributed by atoms with Crippen molar-refractivity contribution >= 4 is 80.7 Å². The SMILES string of the molecule is CC[C@@H]1C[C@H](S(=O)(=O)O)C[C@@H]1c1nnc2cnc3c(ccn3S(=O)(=O)c3ccc(C)cc3)n12.CC[C@@H]1C[C@H](SC(C)=O)C[C@@H]1c1nnc2cnc3c(ccn3S(=O)(=O)c3ccc(C)cc3)n12. The number of nitrogens with zero attached hydrogens (tertiary/aromatic N) is 10. The number of hydrogen-bond donors (Lipinski definition) is 1. The van der Waals surface area contributed by atoms with Crippen LogP contribution < -0.4 is 0 Å². The molecule has 2 aliphatic rings. The quantitative estimate of drug-likeness (QED) is 0.136. The molecule has 2 saturated carbocycles. The smallest absolute Gasteiger partial charge is 0.269 e. The van der Waals surface area contributed by atoms with Gasteiger partial charge < -0.3 is 0 Å². The van der Waals surface area contributed by atoms with Crippen LogP contribution in [0.15, 0.2) is 95.2 Å². The van der Waals surface area contributed by atoms with Crippen molar-refractivity contribution in [1.29, 1.82) is 0 Å². The fourth-order valence-electron chi connectivity index (χ4n) is 9.68. The number of aryl methyl sites for hydroxylation is 2. The van der Waals surface area contributed by atoms with Gasteiger partial charge in [0.25, 0.3) is 30.2 Å². The second kappa shape index (κ2) is 17.3. The van der Waals surface area contributed by atoms with Crippen LogP contribution >= 0.6 is 11.8 Å². The second-order valence-corrected chi connectivity index (χ2v) is 24.0. The highest BCUT2D eigenvalue weighted by Gasteiger charge is 2.43. The predicted octanol–water partition coefficient (Wildman–Crippen LogP) is 6.96. The molecule has 6 atom stereocenters. The van der Waals surface area contributed by atoms with Crippen LogP contribution in [0.4, 0.5) is 0 Å². The van der Waals surface area contributed by atoms with Crippen molar-refractivity contribution in [2.24, 2.45) is 11.8 Å². The number of aromatic nitrogens is 10. The normalized spacial score (nSPS) is 21.5. The molecule has 18 nitrogen and oxygen atoms in total. The first-order valence-electron chi connectivity index (χ1n) is 21.6. The Kier molecular flexibility index (Phi) is 11.9. The number of rotatable bonds is 10. The Hall–Kier alpha value is -5.55. The molecule has 10 rings (SSSR count). The summed E-state index contributed by atoms with van der Waals surface area (Å²) in [5, 5.41) is 16.9. The maximum absolute atomic E-state index is 13.3. The third-order valence-corrected chi connectivity index (χ3v) is 18.7. The summed E-state index contributed by atoms with van der Waals surface area (Å²) in [6.07, 6.45) is 10.1. The van der Waals surface area contributed by atoms with Gasteiger partial charge in [0.05, 0.1) is 38.5 Å². The molecular formula is C44H48N10O8S4. The largest absolute Gasteiger partial charge is 0.288 e. The number of fused-ring (bicyclic) bond motifs is 6. The third-order valence-electron chi connectivity index (χ3n) is 13.0. The van der Waals surface area contributed by atoms with Crippen LogP contribution in [-0.4, -0.2) is 92.5 Å². The molecule has 6 heterocycles. The maximum atomic E-state index is 13.3. The fourth-order valence-corrected chi connectivity index (χ4v) is 14.3. The Morgan fingerprint density at radius 1 is 0.636 bits per heavy atom. The van der Waals surface area contributed by atoms with Crippen molar-refractivity contribution in [2.75, 3.05) is 0 Å². The van der Waals surface area contributed by atoms with E-state index in [0.29, 0.717) is 52.6 Å². The van der Waals surface area contributed by atoms with Crippen molar-refractivity contribution in [3.63, 3.8) is 0 Å². The molecule has 0 saturated heterocycles. The summed E-state index contributed by atoms with van der Waals surface area (Å²) in [7, 11) is -11.8. The summed E-state index contributed by atoms with van der Waals surface area (Å²) < 4.78 is 92.4. The molecule has 0 bridgehead atoms. The van der Waals surface area contributed by atoms with Gasteiger partial charge in [0, 0.05) is 36.4 Å². The molecule has 0 aliphatic heterocycles. The average molecular weight is 973 g/mol. The maximum Gasteiger partial charge on any atom is 0.269 e. The van der Waals surface area contributed by atoms with Gasteiger partial charge in [-0.05, 0) is 87.8 Å². The number of thioether (sulfide) groups is 1. The molecule has 0 spiro atoms. The fraction of sp³-hybridized carbons (Fsp3) is 0.386. The van der Waals surface area contributed by atoms with Crippen LogP contribution in [-0.2, 0) is 35.0 Å². The summed E-state index contributed by atoms with van der Waals surface area (Å²) in [5.41, 5.74) is 4.68. The van der Waals surface area contributed by atoms with E-state index in [1.165, 1.54) is 34.3 Å². The van der Waals surface area contributed by atoms with Crippen LogP contribution in [0.25, 0.3) is 33.6 Å². The van der Waals surface area contributed by atoms with Crippen LogP contribution in [0.1, 0.15) is 93.9 Å². The van der Waals surface area contributed by atoms with Crippen molar-refractivity contribution in [1.82, 2.24) is 47.1 Å². The summed E-state index contributed by atoms with van der Waals surface area (Å²) in [6.45, 7) is 9.53. The highest BCUT2D eigenvalue weighted by molar-refractivity contribution is 8.14. The minimum atomic E-state index is -4.17. The molecule has 22 heteroatoms. The van der Waals surface area contributed by atoms with E-state index in [4.69, 9.17) is 0 Å². The van der Waals surface area contributed by atoms with E-state index >= 15 is 0 Å². The Bertz CT molecular complexity index is 3490. The van der Waals surface area contributed by atoms with Gasteiger partial charge in [-0.1, -0.05) is 73.8 Å². The molecule has 0 amide bonds. The standard InChI is InChI=1S/C23H25N5O3S2.C21H23N5O5S2/c1-4-16-11-17(32-15(3)29)12-19(16)22-26-25-21-13-24-23-20(28(21)22)9-10-27(23)33(30,31)18-7-5-14(2)6-8-18;1-3-14-10-16(33(29,30)31)11-17(14)20-24-23-19-12-22-21-18(26(19)20)8-9-25(21)32(27,28)15-6-4-13(2)5-7-15/h5-10,13,16-17,19H,4,11-12H2,1-3H3;4-9,12,14,16-17H,3,10-11H2,1-2H3,(H,29,30,31)/t16-,17+,19+;14-,16+,17+/m11/s1. The topological polar surface area (TPSA) is 236 Å². The van der Waals surface area contributed by atoms with Gasteiger partial charge in [0.15, 0.2) is 27.7 Å². The van der Waals surface area contributed by atoms with Gasteiger partial charge in [0.1, 0.15) is 11.6 Å². The summed E-state index contributed by atoms with van der Waals surface area (Å²) in [4.78, 5) is 20.8. The Morgan fingerprint density at radius 2 is 1.08 bits per heavy atom. The lowest BCUT2D eigenvalue weighted by molar-refractivity contribution is -0.109. The highest BCUT2D eigenvalue weighted by atomic mass is 32.2. The first-order valence-corrected chi connectivity index (χ1v) is 26.9. The third kappa shape index (κ3) is 8.09. The second-order valence-electron chi connectivity index (χ2n) is 17.2. The van der Waals surface area contributed by atoms with E-state index in [1.54, 1.807) is 78.2 Å². The van der Waals surface area contributed by atoms with Gasteiger partial charge in [-0.3, -0.25) is 18.1 Å². The van der Waals surface area contributed by atoms with E-state index in [1.807, 2.05) is 25.2 Å². The number of carbonyl (C=O) groups excluding carboxylic acids is 1.